The first-order valence-corrected chi connectivity index (χ1v) is 30.4. The number of carbonyl (C=O) groups excluding carboxylic acids is 2. The van der Waals surface area contributed by atoms with Crippen molar-refractivity contribution in [3.8, 4) is 0 Å². The predicted octanol–water partition coefficient (Wildman–Crippen LogP) is 16.8. The summed E-state index contributed by atoms with van der Waals surface area (Å²) in [4.78, 5) is 39.8. The molecule has 0 saturated heterocycles. The third-order valence-electron chi connectivity index (χ3n) is 12.3. The quantitative estimate of drug-likeness (QED) is 0.0212. The van der Waals surface area contributed by atoms with E-state index in [1.54, 1.807) is 0 Å². The Kier molecular flexibility index (Phi) is 48.7. The smallest absolute Gasteiger partial charge is 0.306 e. The lowest BCUT2D eigenvalue weighted by molar-refractivity contribution is -0.870. The van der Waals surface area contributed by atoms with Crippen LogP contribution in [0, 0.1) is 0 Å². The summed E-state index contributed by atoms with van der Waals surface area (Å²) in [6.07, 6.45) is 65.5. The lowest BCUT2D eigenvalue weighted by Gasteiger charge is -2.30. The number of quaternary nitrogens is 1. The molecule has 410 valence electrons. The second-order valence-electron chi connectivity index (χ2n) is 20.4. The van der Waals surface area contributed by atoms with Gasteiger partial charge in [0.15, 0.2) is 0 Å². The standard InChI is InChI=1S/C61H109N2O7P/c1-7-10-13-16-19-22-25-26-27-28-29-30-31-32-33-34-35-36-39-41-44-47-50-53-60(64)62-58(57-69-71(66,67)68-56-55-63(4,5)6)59(52-49-46-43-40-37-23-20-17-14-11-8-2)70-61(65)54-51-48-45-42-38-24-21-18-15-12-9-3/h10,13,18-19,21-22,26-27,29-30,32-33,49,52,58-59H,7-9,11-12,14-17,20,23-25,28,31,34-48,50-51,53-57H2,1-6H3,(H-,62,64,66,67)/b13-10-,21-18-,22-19-,27-26-,30-29-,33-32-,52-49-. The van der Waals surface area contributed by atoms with E-state index in [9.17, 15) is 19.0 Å². The zero-order chi connectivity index (χ0) is 52.2. The van der Waals surface area contributed by atoms with Gasteiger partial charge in [-0.1, -0.05) is 215 Å². The van der Waals surface area contributed by atoms with Gasteiger partial charge in [0.1, 0.15) is 19.3 Å². The second-order valence-corrected chi connectivity index (χ2v) is 21.8. The summed E-state index contributed by atoms with van der Waals surface area (Å²) in [5, 5.41) is 3.01. The molecule has 0 aromatic heterocycles. The summed E-state index contributed by atoms with van der Waals surface area (Å²) in [6.45, 7) is 6.65. The Hall–Kier alpha value is -2.81. The van der Waals surface area contributed by atoms with Crippen LogP contribution in [0.25, 0.3) is 0 Å². The van der Waals surface area contributed by atoms with Crippen molar-refractivity contribution in [2.75, 3.05) is 40.9 Å². The minimum atomic E-state index is -4.70. The van der Waals surface area contributed by atoms with E-state index in [4.69, 9.17) is 13.8 Å². The number of phosphoric acid groups is 1. The fourth-order valence-electron chi connectivity index (χ4n) is 7.82. The highest BCUT2D eigenvalue weighted by molar-refractivity contribution is 7.45. The SMILES string of the molecule is CC/C=C\C/C=C\C/C=C\C/C=C\C/C=C\CCCCCCCCCC(=O)NC(COP(=O)([O-])OCC[N+](C)(C)C)C(/C=C\CCCCCCCCCCC)OC(=O)CCCCCCC/C=C\CCCC. The Morgan fingerprint density at radius 3 is 1.41 bits per heavy atom. The maximum atomic E-state index is 13.5. The van der Waals surface area contributed by atoms with Crippen molar-refractivity contribution in [3.05, 3.63) is 85.1 Å². The van der Waals surface area contributed by atoms with Gasteiger partial charge >= 0.3 is 5.97 Å². The minimum Gasteiger partial charge on any atom is -0.756 e. The molecule has 0 saturated carbocycles. The van der Waals surface area contributed by atoms with Gasteiger partial charge in [-0.2, -0.15) is 0 Å². The number of esters is 1. The molecule has 3 atom stereocenters. The maximum absolute atomic E-state index is 13.5. The van der Waals surface area contributed by atoms with Crippen molar-refractivity contribution in [3.63, 3.8) is 0 Å². The highest BCUT2D eigenvalue weighted by Gasteiger charge is 2.27. The Morgan fingerprint density at radius 1 is 0.507 bits per heavy atom. The van der Waals surface area contributed by atoms with Gasteiger partial charge in [-0.15, -0.1) is 0 Å². The lowest BCUT2D eigenvalue weighted by Crippen LogP contribution is -2.47. The van der Waals surface area contributed by atoms with Crippen LogP contribution in [0.2, 0.25) is 0 Å². The number of nitrogens with one attached hydrogen (secondary N) is 1. The molecule has 0 heterocycles. The number of hydrogen-bond donors (Lipinski definition) is 1. The van der Waals surface area contributed by atoms with Crippen molar-refractivity contribution in [2.45, 2.75) is 251 Å². The first kappa shape index (κ1) is 68.2. The zero-order valence-corrected chi connectivity index (χ0v) is 47.5. The molecule has 9 nitrogen and oxygen atoms in total. The van der Waals surface area contributed by atoms with Crippen molar-refractivity contribution in [1.82, 2.24) is 5.32 Å². The van der Waals surface area contributed by atoms with E-state index in [1.165, 1.54) is 77.0 Å². The topological polar surface area (TPSA) is 114 Å². The van der Waals surface area contributed by atoms with Crippen LogP contribution in [0.4, 0.5) is 0 Å². The fourth-order valence-corrected chi connectivity index (χ4v) is 8.55. The first-order valence-electron chi connectivity index (χ1n) is 28.9. The molecular formula is C61H109N2O7P. The van der Waals surface area contributed by atoms with Gasteiger partial charge in [0.25, 0.3) is 7.82 Å². The number of ether oxygens (including phenoxy) is 1. The van der Waals surface area contributed by atoms with E-state index in [0.717, 1.165) is 122 Å². The number of unbranched alkanes of at least 4 members (excludes halogenated alkanes) is 23. The van der Waals surface area contributed by atoms with Crippen molar-refractivity contribution in [2.24, 2.45) is 0 Å². The van der Waals surface area contributed by atoms with E-state index in [1.807, 2.05) is 33.3 Å². The van der Waals surface area contributed by atoms with Crippen LogP contribution >= 0.6 is 7.82 Å². The molecule has 0 aromatic carbocycles. The number of allylic oxidation sites excluding steroid dienone is 13. The van der Waals surface area contributed by atoms with Crippen LogP contribution in [0.5, 0.6) is 0 Å². The molecule has 0 radical (unpaired) electrons. The molecular weight excluding hydrogens is 904 g/mol. The number of amides is 1. The van der Waals surface area contributed by atoms with Crippen LogP contribution in [-0.4, -0.2) is 69.4 Å². The molecule has 0 aliphatic rings. The molecule has 10 heteroatoms. The Balaban J connectivity index is 5.21. The number of carbonyl (C=O) groups is 2. The molecule has 0 rings (SSSR count). The van der Waals surface area contributed by atoms with Gasteiger partial charge in [-0.25, -0.2) is 0 Å². The third-order valence-corrected chi connectivity index (χ3v) is 13.3. The van der Waals surface area contributed by atoms with E-state index < -0.39 is 26.6 Å². The third kappa shape index (κ3) is 51.9. The highest BCUT2D eigenvalue weighted by Crippen LogP contribution is 2.38. The number of hydrogen-bond acceptors (Lipinski definition) is 7. The van der Waals surface area contributed by atoms with Gasteiger partial charge in [0.2, 0.25) is 5.91 Å². The summed E-state index contributed by atoms with van der Waals surface area (Å²) in [7, 11) is 1.16. The normalized spacial score (nSPS) is 14.4. The average Bonchev–Trinajstić information content (AvgIpc) is 3.33. The van der Waals surface area contributed by atoms with Gasteiger partial charge in [-0.05, 0) is 96.0 Å². The molecule has 71 heavy (non-hydrogen) atoms. The predicted molar refractivity (Wildman–Crippen MR) is 302 cm³/mol. The molecule has 0 fully saturated rings. The maximum Gasteiger partial charge on any atom is 0.306 e. The average molecular weight is 1010 g/mol. The molecule has 0 aliphatic heterocycles. The fraction of sp³-hybridized carbons (Fsp3) is 0.738. The summed E-state index contributed by atoms with van der Waals surface area (Å²) in [6, 6.07) is -0.900. The lowest BCUT2D eigenvalue weighted by atomic mass is 10.1. The summed E-state index contributed by atoms with van der Waals surface area (Å²) in [5.41, 5.74) is 0. The molecule has 0 aromatic rings. The molecule has 1 N–H and O–H groups in total. The van der Waals surface area contributed by atoms with Crippen molar-refractivity contribution < 1.29 is 37.3 Å². The number of phosphoric ester groups is 1. The molecule has 1 amide bonds. The van der Waals surface area contributed by atoms with Crippen LogP contribution in [-0.2, 0) is 27.9 Å². The van der Waals surface area contributed by atoms with Gasteiger partial charge in [0.05, 0.1) is 33.8 Å². The number of likely N-dealkylation sites (N-methyl/N-ethyl adjacent to an activating group) is 1. The summed E-state index contributed by atoms with van der Waals surface area (Å²) >= 11 is 0. The van der Waals surface area contributed by atoms with E-state index in [2.05, 4.69) is 99.0 Å². The molecule has 0 bridgehead atoms. The van der Waals surface area contributed by atoms with Gasteiger partial charge < -0.3 is 28.5 Å². The monoisotopic (exact) mass is 1010 g/mol. The number of rotatable bonds is 51. The largest absolute Gasteiger partial charge is 0.756 e. The van der Waals surface area contributed by atoms with E-state index >= 15 is 0 Å². The minimum absolute atomic E-state index is 0.0294. The van der Waals surface area contributed by atoms with Crippen LogP contribution < -0.4 is 10.2 Å². The molecule has 3 unspecified atom stereocenters. The highest BCUT2D eigenvalue weighted by atomic mass is 31.2. The second kappa shape index (κ2) is 50.7. The molecule has 0 spiro atoms. The van der Waals surface area contributed by atoms with Gasteiger partial charge in [0, 0.05) is 12.8 Å². The molecule has 0 aliphatic carbocycles. The van der Waals surface area contributed by atoms with Gasteiger partial charge in [-0.3, -0.25) is 14.2 Å². The Labute approximate surface area is 437 Å². The zero-order valence-electron chi connectivity index (χ0n) is 46.7. The Morgan fingerprint density at radius 2 is 0.915 bits per heavy atom. The van der Waals surface area contributed by atoms with E-state index in [-0.39, 0.29) is 24.9 Å². The van der Waals surface area contributed by atoms with Crippen molar-refractivity contribution >= 4 is 19.7 Å². The Bertz CT molecular complexity index is 1490. The first-order chi connectivity index (χ1) is 34.4. The summed E-state index contributed by atoms with van der Waals surface area (Å²) < 4.78 is 30.2. The van der Waals surface area contributed by atoms with Crippen molar-refractivity contribution in [1.29, 1.82) is 0 Å². The van der Waals surface area contributed by atoms with E-state index in [0.29, 0.717) is 23.9 Å². The van der Waals surface area contributed by atoms with Crippen LogP contribution in [0.3, 0.4) is 0 Å². The number of nitrogens with zero attached hydrogens (tertiary/aromatic N) is 1. The van der Waals surface area contributed by atoms with Crippen LogP contribution in [0.15, 0.2) is 85.1 Å². The summed E-state index contributed by atoms with van der Waals surface area (Å²) in [5.74, 6) is -0.570. The van der Waals surface area contributed by atoms with Crippen LogP contribution in [0.1, 0.15) is 239 Å².